The number of hydrogen-bond acceptors (Lipinski definition) is 4. The van der Waals surface area contributed by atoms with Gasteiger partial charge in [-0.25, -0.2) is 0 Å². The molecule has 0 amide bonds. The third-order valence-corrected chi connectivity index (χ3v) is 2.37. The van der Waals surface area contributed by atoms with Crippen molar-refractivity contribution < 1.29 is 9.90 Å². The molecule has 21 heavy (non-hydrogen) atoms. The normalized spacial score (nSPS) is 10.7. The number of nitrogens with one attached hydrogen (secondary N) is 1. The number of carboxylic acid groups (broad SMARTS) is 1. The molecule has 0 saturated heterocycles. The highest BCUT2D eigenvalue weighted by Crippen LogP contribution is 1.95. The second-order valence-corrected chi connectivity index (χ2v) is 4.17. The number of aliphatic carboxylic acids is 1. The van der Waals surface area contributed by atoms with Gasteiger partial charge in [0.2, 0.25) is 0 Å². The molecular formula is C13H22N6O2. The Morgan fingerprint density at radius 1 is 1.24 bits per heavy atom. The van der Waals surface area contributed by atoms with Crippen LogP contribution in [0.3, 0.4) is 0 Å². The van der Waals surface area contributed by atoms with Crippen LogP contribution in [0, 0.1) is 5.41 Å². The number of nitrogens with two attached hydrogens (primary N) is 4. The Hall–Kier alpha value is -2.61. The number of hydrogen-bond donors (Lipinski definition) is 6. The number of nitrogen functional groups attached to an aromatic ring is 1. The molecule has 1 aromatic carbocycles. The van der Waals surface area contributed by atoms with Crippen molar-refractivity contribution in [3.05, 3.63) is 35.9 Å². The molecule has 1 aromatic rings. The second-order valence-electron chi connectivity index (χ2n) is 4.17. The van der Waals surface area contributed by atoms with Gasteiger partial charge in [-0.15, -0.1) is 0 Å². The van der Waals surface area contributed by atoms with Crippen LogP contribution in [-0.4, -0.2) is 35.5 Å². The van der Waals surface area contributed by atoms with E-state index < -0.39 is 12.0 Å². The topological polar surface area (TPSA) is 178 Å². The Balaban J connectivity index is 0.000000394. The summed E-state index contributed by atoms with van der Waals surface area (Å²) in [4.78, 5) is 13.9. The Kier molecular flexibility index (Phi) is 8.94. The number of carbonyl (C=O) groups is 1. The van der Waals surface area contributed by atoms with E-state index in [1.165, 1.54) is 0 Å². The summed E-state index contributed by atoms with van der Waals surface area (Å²) in [7, 11) is 0. The molecule has 0 aromatic heterocycles. The first kappa shape index (κ1) is 18.4. The van der Waals surface area contributed by atoms with Crippen LogP contribution in [0.2, 0.25) is 0 Å². The summed E-state index contributed by atoms with van der Waals surface area (Å²) >= 11 is 0. The smallest absolute Gasteiger partial charge is 0.320 e. The van der Waals surface area contributed by atoms with Crippen LogP contribution in [0.5, 0.6) is 0 Å². The molecule has 0 aliphatic rings. The van der Waals surface area contributed by atoms with Gasteiger partial charge >= 0.3 is 5.97 Å². The van der Waals surface area contributed by atoms with Crippen LogP contribution in [0.4, 0.5) is 0 Å². The van der Waals surface area contributed by atoms with E-state index in [2.05, 4.69) is 4.99 Å². The maximum atomic E-state index is 10.2. The van der Waals surface area contributed by atoms with Gasteiger partial charge in [0.05, 0.1) is 0 Å². The molecule has 0 bridgehead atoms. The summed E-state index contributed by atoms with van der Waals surface area (Å²) in [6.45, 7) is 0.420. The fourth-order valence-corrected chi connectivity index (χ4v) is 1.26. The Labute approximate surface area is 123 Å². The molecule has 1 rings (SSSR count). The second kappa shape index (κ2) is 10.2. The first-order chi connectivity index (χ1) is 9.84. The van der Waals surface area contributed by atoms with Crippen LogP contribution in [-0.2, 0) is 4.79 Å². The zero-order chi connectivity index (χ0) is 16.3. The number of rotatable bonds is 6. The lowest BCUT2D eigenvalue weighted by atomic mass is 10.2. The number of benzene rings is 1. The van der Waals surface area contributed by atoms with E-state index in [4.69, 9.17) is 33.5 Å². The molecule has 116 valence electrons. The van der Waals surface area contributed by atoms with Gasteiger partial charge in [-0.05, 0) is 12.8 Å². The van der Waals surface area contributed by atoms with Crippen LogP contribution in [0.25, 0.3) is 0 Å². The quantitative estimate of drug-likeness (QED) is 0.232. The molecule has 1 atom stereocenters. The predicted molar refractivity (Wildman–Crippen MR) is 83.0 cm³/mol. The molecule has 0 saturated carbocycles. The Morgan fingerprint density at radius 3 is 2.19 bits per heavy atom. The Morgan fingerprint density at radius 2 is 1.81 bits per heavy atom. The molecule has 0 aliphatic carbocycles. The minimum Gasteiger partial charge on any atom is -0.480 e. The van der Waals surface area contributed by atoms with E-state index in [1.54, 1.807) is 0 Å². The molecule has 10 N–H and O–H groups in total. The van der Waals surface area contributed by atoms with E-state index in [1.807, 2.05) is 30.3 Å². The SMILES string of the molecule is N=C(N)c1ccccc1.NC(N)=NCCC[C@H](N)C(=O)O. The third kappa shape index (κ3) is 9.91. The number of nitrogens with zero attached hydrogens (tertiary/aromatic N) is 1. The molecule has 0 fully saturated rings. The summed E-state index contributed by atoms with van der Waals surface area (Å²) in [6.07, 6.45) is 0.956. The lowest BCUT2D eigenvalue weighted by molar-refractivity contribution is -0.138. The van der Waals surface area contributed by atoms with Gasteiger partial charge in [-0.2, -0.15) is 0 Å². The van der Waals surface area contributed by atoms with Gasteiger partial charge in [-0.1, -0.05) is 30.3 Å². The molecule has 0 heterocycles. The van der Waals surface area contributed by atoms with Crippen LogP contribution in [0.15, 0.2) is 35.3 Å². The maximum Gasteiger partial charge on any atom is 0.320 e. The number of guanidine groups is 1. The van der Waals surface area contributed by atoms with Gasteiger partial charge in [0.1, 0.15) is 11.9 Å². The van der Waals surface area contributed by atoms with E-state index >= 15 is 0 Å². The summed E-state index contributed by atoms with van der Waals surface area (Å²) in [6, 6.07) is 8.41. The molecule has 0 unspecified atom stereocenters. The number of amidine groups is 1. The minimum atomic E-state index is -1.00. The highest BCUT2D eigenvalue weighted by atomic mass is 16.4. The van der Waals surface area contributed by atoms with Crippen LogP contribution < -0.4 is 22.9 Å². The molecule has 8 nitrogen and oxygen atoms in total. The van der Waals surface area contributed by atoms with Gasteiger partial charge < -0.3 is 28.0 Å². The summed E-state index contributed by atoms with van der Waals surface area (Å²) in [5.41, 5.74) is 21.3. The minimum absolute atomic E-state index is 0.0129. The third-order valence-electron chi connectivity index (χ3n) is 2.37. The number of aliphatic imine (C=N–C) groups is 1. The lowest BCUT2D eigenvalue weighted by Gasteiger charge is -2.03. The highest BCUT2D eigenvalue weighted by molar-refractivity contribution is 5.94. The van der Waals surface area contributed by atoms with E-state index in [0.717, 1.165) is 5.56 Å². The van der Waals surface area contributed by atoms with E-state index in [-0.39, 0.29) is 11.8 Å². The zero-order valence-corrected chi connectivity index (χ0v) is 11.7. The van der Waals surface area contributed by atoms with E-state index in [9.17, 15) is 4.79 Å². The molecule has 0 radical (unpaired) electrons. The highest BCUT2D eigenvalue weighted by Gasteiger charge is 2.09. The van der Waals surface area contributed by atoms with Crippen LogP contribution in [0.1, 0.15) is 18.4 Å². The van der Waals surface area contributed by atoms with Crippen LogP contribution >= 0.6 is 0 Å². The maximum absolute atomic E-state index is 10.2. The van der Waals surface area contributed by atoms with E-state index in [0.29, 0.717) is 19.4 Å². The average Bonchev–Trinajstić information content (AvgIpc) is 2.44. The standard InChI is InChI=1S/C7H8N2.C6H14N4O2/c8-7(9)6-4-2-1-3-5-6;7-4(5(11)12)2-1-3-10-6(8)9/h1-5H,(H3,8,9);4H,1-3,7H2,(H,11,12)(H4,8,9,10)/t;4-/m.0/s1. The van der Waals surface area contributed by atoms with Gasteiger partial charge in [0.25, 0.3) is 0 Å². The van der Waals surface area contributed by atoms with Crippen molar-refractivity contribution in [3.8, 4) is 0 Å². The summed E-state index contributed by atoms with van der Waals surface area (Å²) < 4.78 is 0. The summed E-state index contributed by atoms with van der Waals surface area (Å²) in [5.74, 6) is -0.866. The van der Waals surface area contributed by atoms with Crippen molar-refractivity contribution in [2.45, 2.75) is 18.9 Å². The first-order valence-electron chi connectivity index (χ1n) is 6.27. The Bertz CT molecular complexity index is 471. The van der Waals surface area contributed by atoms with Crippen molar-refractivity contribution in [3.63, 3.8) is 0 Å². The zero-order valence-electron chi connectivity index (χ0n) is 11.7. The average molecular weight is 294 g/mol. The predicted octanol–water partition coefficient (Wildman–Crippen LogP) is -0.577. The molecule has 0 aliphatic heterocycles. The first-order valence-corrected chi connectivity index (χ1v) is 6.27. The fourth-order valence-electron chi connectivity index (χ4n) is 1.26. The monoisotopic (exact) mass is 294 g/mol. The molecule has 0 spiro atoms. The number of carboxylic acids is 1. The lowest BCUT2D eigenvalue weighted by Crippen LogP contribution is -2.30. The van der Waals surface area contributed by atoms with Crippen molar-refractivity contribution in [2.24, 2.45) is 27.9 Å². The van der Waals surface area contributed by atoms with Gasteiger partial charge in [-0.3, -0.25) is 15.2 Å². The van der Waals surface area contributed by atoms with Gasteiger partial charge in [0.15, 0.2) is 5.96 Å². The van der Waals surface area contributed by atoms with Crippen molar-refractivity contribution >= 4 is 17.8 Å². The summed E-state index contributed by atoms with van der Waals surface area (Å²) in [5, 5.41) is 15.4. The van der Waals surface area contributed by atoms with Crippen molar-refractivity contribution in [1.29, 1.82) is 5.41 Å². The van der Waals surface area contributed by atoms with Gasteiger partial charge in [0, 0.05) is 12.1 Å². The fraction of sp³-hybridized carbons (Fsp3) is 0.308. The molecule has 8 heteroatoms. The van der Waals surface area contributed by atoms with Crippen molar-refractivity contribution in [1.82, 2.24) is 0 Å². The largest absolute Gasteiger partial charge is 0.480 e. The molecular weight excluding hydrogens is 272 g/mol. The van der Waals surface area contributed by atoms with Crippen molar-refractivity contribution in [2.75, 3.05) is 6.54 Å².